The topological polar surface area (TPSA) is 52.3 Å². The molecule has 0 aliphatic rings. The Balaban J connectivity index is 0.00000324. The van der Waals surface area contributed by atoms with E-state index in [4.69, 9.17) is 10.5 Å². The van der Waals surface area contributed by atoms with Crippen molar-refractivity contribution in [1.29, 1.82) is 0 Å². The van der Waals surface area contributed by atoms with Crippen LogP contribution in [0.2, 0.25) is 0 Å². The molecule has 19 heavy (non-hydrogen) atoms. The Labute approximate surface area is 121 Å². The lowest BCUT2D eigenvalue weighted by atomic mass is 9.86. The maximum atomic E-state index is 12.1. The maximum Gasteiger partial charge on any atom is 0.164 e. The minimum atomic E-state index is -0.439. The molecule has 0 spiro atoms. The highest BCUT2D eigenvalue weighted by Gasteiger charge is 2.24. The van der Waals surface area contributed by atoms with Crippen LogP contribution in [0.3, 0.4) is 0 Å². The molecule has 2 N–H and O–H groups in total. The van der Waals surface area contributed by atoms with Gasteiger partial charge in [-0.2, -0.15) is 0 Å². The summed E-state index contributed by atoms with van der Waals surface area (Å²) in [6.07, 6.45) is 1.21. The number of carbonyl (C=O) groups is 1. The third-order valence-electron chi connectivity index (χ3n) is 2.85. The number of ketones is 1. The predicted octanol–water partition coefficient (Wildman–Crippen LogP) is 3.45. The monoisotopic (exact) mass is 285 g/mol. The van der Waals surface area contributed by atoms with Crippen LogP contribution in [0, 0.1) is 5.92 Å². The van der Waals surface area contributed by atoms with E-state index >= 15 is 0 Å². The molecule has 0 amide bonds. The molecule has 4 heteroatoms. The summed E-state index contributed by atoms with van der Waals surface area (Å²) in [7, 11) is 1.61. The van der Waals surface area contributed by atoms with E-state index in [1.165, 1.54) is 0 Å². The zero-order chi connectivity index (χ0) is 13.8. The third-order valence-corrected chi connectivity index (χ3v) is 2.85. The molecule has 1 aromatic carbocycles. The van der Waals surface area contributed by atoms with Crippen LogP contribution in [-0.2, 0) is 0 Å². The van der Waals surface area contributed by atoms with E-state index in [2.05, 4.69) is 13.8 Å². The van der Waals surface area contributed by atoms with Gasteiger partial charge in [-0.1, -0.05) is 13.8 Å². The molecule has 0 bridgehead atoms. The fraction of sp³-hybridized carbons (Fsp3) is 0.533. The number of carbonyl (C=O) groups excluding carboxylic acids is 1. The van der Waals surface area contributed by atoms with E-state index < -0.39 is 5.54 Å². The van der Waals surface area contributed by atoms with Crippen molar-refractivity contribution in [1.82, 2.24) is 0 Å². The number of Topliss-reactive ketones (excluding diaryl/α,β-unsaturated/α-hetero) is 1. The second kappa shape index (κ2) is 7.51. The number of hydrogen-bond acceptors (Lipinski definition) is 3. The first-order valence-corrected chi connectivity index (χ1v) is 6.30. The normalized spacial score (nSPS) is 13.6. The van der Waals surface area contributed by atoms with Gasteiger partial charge in [0.05, 0.1) is 7.11 Å². The number of rotatable bonds is 6. The summed E-state index contributed by atoms with van der Waals surface area (Å²) in [5.41, 5.74) is 6.42. The summed E-state index contributed by atoms with van der Waals surface area (Å²) >= 11 is 0. The molecule has 0 radical (unpaired) electrons. The molecule has 1 atom stereocenters. The van der Waals surface area contributed by atoms with E-state index in [0.717, 1.165) is 12.2 Å². The van der Waals surface area contributed by atoms with Gasteiger partial charge in [0.2, 0.25) is 0 Å². The average molecular weight is 286 g/mol. The van der Waals surface area contributed by atoms with Gasteiger partial charge in [-0.3, -0.25) is 4.79 Å². The molecular weight excluding hydrogens is 262 g/mol. The van der Waals surface area contributed by atoms with Crippen molar-refractivity contribution in [2.75, 3.05) is 7.11 Å². The predicted molar refractivity (Wildman–Crippen MR) is 81.2 cm³/mol. The Bertz CT molecular complexity index is 399. The highest BCUT2D eigenvalue weighted by atomic mass is 35.5. The Morgan fingerprint density at radius 2 is 1.84 bits per heavy atom. The zero-order valence-corrected chi connectivity index (χ0v) is 12.9. The summed E-state index contributed by atoms with van der Waals surface area (Å²) in [5.74, 6) is 1.33. The van der Waals surface area contributed by atoms with Gasteiger partial charge in [-0.05, 0) is 43.5 Å². The first-order chi connectivity index (χ1) is 8.34. The first-order valence-electron chi connectivity index (χ1n) is 6.30. The molecule has 0 saturated heterocycles. The van der Waals surface area contributed by atoms with E-state index in [0.29, 0.717) is 17.9 Å². The summed E-state index contributed by atoms with van der Waals surface area (Å²) in [6.45, 7) is 6.17. The van der Waals surface area contributed by atoms with Crippen LogP contribution < -0.4 is 10.5 Å². The Morgan fingerprint density at radius 1 is 1.32 bits per heavy atom. The molecule has 0 saturated carbocycles. The number of benzene rings is 1. The van der Waals surface area contributed by atoms with Crippen molar-refractivity contribution < 1.29 is 9.53 Å². The van der Waals surface area contributed by atoms with Crippen LogP contribution in [0.1, 0.15) is 44.0 Å². The molecule has 0 fully saturated rings. The van der Waals surface area contributed by atoms with Crippen LogP contribution >= 0.6 is 12.4 Å². The van der Waals surface area contributed by atoms with Gasteiger partial charge < -0.3 is 10.5 Å². The highest BCUT2D eigenvalue weighted by molar-refractivity contribution is 5.96. The Morgan fingerprint density at radius 3 is 2.26 bits per heavy atom. The molecule has 0 heterocycles. The van der Waals surface area contributed by atoms with Gasteiger partial charge in [-0.15, -0.1) is 12.4 Å². The highest BCUT2D eigenvalue weighted by Crippen LogP contribution is 2.21. The molecule has 0 aromatic heterocycles. The zero-order valence-electron chi connectivity index (χ0n) is 12.1. The molecule has 1 unspecified atom stereocenters. The Hall–Kier alpha value is -1.06. The molecular formula is C15H24ClNO2. The van der Waals surface area contributed by atoms with Crippen molar-refractivity contribution in [3.8, 4) is 5.75 Å². The number of hydrogen-bond donors (Lipinski definition) is 1. The molecule has 0 aliphatic carbocycles. The van der Waals surface area contributed by atoms with E-state index in [-0.39, 0.29) is 18.2 Å². The molecule has 108 valence electrons. The second-order valence-electron chi connectivity index (χ2n) is 5.58. The van der Waals surface area contributed by atoms with Gasteiger partial charge in [0, 0.05) is 17.5 Å². The average Bonchev–Trinajstić information content (AvgIpc) is 2.26. The molecule has 3 nitrogen and oxygen atoms in total. The van der Waals surface area contributed by atoms with Crippen LogP contribution in [-0.4, -0.2) is 18.4 Å². The lowest BCUT2D eigenvalue weighted by molar-refractivity contribution is 0.0949. The van der Waals surface area contributed by atoms with Gasteiger partial charge in [-0.25, -0.2) is 0 Å². The lowest BCUT2D eigenvalue weighted by Gasteiger charge is -2.25. The first kappa shape index (κ1) is 17.9. The largest absolute Gasteiger partial charge is 0.497 e. The van der Waals surface area contributed by atoms with Crippen molar-refractivity contribution in [2.24, 2.45) is 11.7 Å². The molecule has 1 aromatic rings. The fourth-order valence-corrected chi connectivity index (χ4v) is 2.25. The van der Waals surface area contributed by atoms with E-state index in [9.17, 15) is 4.79 Å². The summed E-state index contributed by atoms with van der Waals surface area (Å²) in [4.78, 5) is 12.1. The van der Waals surface area contributed by atoms with Crippen molar-refractivity contribution in [3.05, 3.63) is 29.8 Å². The van der Waals surface area contributed by atoms with Crippen LogP contribution in [0.25, 0.3) is 0 Å². The summed E-state index contributed by atoms with van der Waals surface area (Å²) < 4.78 is 5.07. The van der Waals surface area contributed by atoms with Gasteiger partial charge >= 0.3 is 0 Å². The van der Waals surface area contributed by atoms with Gasteiger partial charge in [0.25, 0.3) is 0 Å². The van der Waals surface area contributed by atoms with Crippen molar-refractivity contribution >= 4 is 18.2 Å². The van der Waals surface area contributed by atoms with Crippen LogP contribution in [0.4, 0.5) is 0 Å². The smallest absolute Gasteiger partial charge is 0.164 e. The van der Waals surface area contributed by atoms with Crippen molar-refractivity contribution in [2.45, 2.75) is 39.2 Å². The standard InChI is InChI=1S/C15H23NO2.ClH/c1-11(2)9-15(3,16)10-14(17)12-5-7-13(18-4)8-6-12;/h5-8,11H,9-10,16H2,1-4H3;1H. The van der Waals surface area contributed by atoms with Gasteiger partial charge in [0.15, 0.2) is 5.78 Å². The number of methoxy groups -OCH3 is 1. The van der Waals surface area contributed by atoms with Gasteiger partial charge in [0.1, 0.15) is 5.75 Å². The summed E-state index contributed by atoms with van der Waals surface area (Å²) in [5, 5.41) is 0. The number of halogens is 1. The number of nitrogens with two attached hydrogens (primary N) is 1. The third kappa shape index (κ3) is 6.08. The molecule has 1 rings (SSSR count). The van der Waals surface area contributed by atoms with E-state index in [1.54, 1.807) is 31.4 Å². The lowest BCUT2D eigenvalue weighted by Crippen LogP contribution is -2.39. The minimum absolute atomic E-state index is 0. The Kier molecular flexibility index (Phi) is 7.09. The quantitative estimate of drug-likeness (QED) is 0.815. The minimum Gasteiger partial charge on any atom is -0.497 e. The van der Waals surface area contributed by atoms with E-state index in [1.807, 2.05) is 6.92 Å². The van der Waals surface area contributed by atoms with Crippen molar-refractivity contribution in [3.63, 3.8) is 0 Å². The summed E-state index contributed by atoms with van der Waals surface area (Å²) in [6, 6.07) is 7.16. The second-order valence-corrected chi connectivity index (χ2v) is 5.58. The molecule has 0 aliphatic heterocycles. The van der Waals surface area contributed by atoms with Crippen LogP contribution in [0.15, 0.2) is 24.3 Å². The van der Waals surface area contributed by atoms with Crippen LogP contribution in [0.5, 0.6) is 5.75 Å². The number of ether oxygens (including phenoxy) is 1. The SMILES string of the molecule is COc1ccc(C(=O)CC(C)(N)CC(C)C)cc1.Cl. The maximum absolute atomic E-state index is 12.1. The fourth-order valence-electron chi connectivity index (χ4n) is 2.25.